The molecule has 8 heteroatoms. The Morgan fingerprint density at radius 2 is 1.85 bits per heavy atom. The Morgan fingerprint density at radius 3 is 2.08 bits per heavy atom. The van der Waals surface area contributed by atoms with Gasteiger partial charge in [-0.1, -0.05) is 13.3 Å². The van der Waals surface area contributed by atoms with Gasteiger partial charge in [0.2, 0.25) is 0 Å². The second-order valence-electron chi connectivity index (χ2n) is 1.63. The van der Waals surface area contributed by atoms with Gasteiger partial charge in [0.05, 0.1) is 18.0 Å². The Bertz CT molecular complexity index is 114. The van der Waals surface area contributed by atoms with Gasteiger partial charge in [-0.05, 0) is 6.42 Å². The van der Waals surface area contributed by atoms with Crippen molar-refractivity contribution < 1.29 is 77.5 Å². The topological polar surface area (TPSA) is 49.4 Å². The molecule has 0 saturated carbocycles. The molecule has 0 N–H and O–H groups in total. The number of hydrogen-bond acceptors (Lipinski definition) is 3. The number of halogens is 3. The molecule has 0 spiro atoms. The van der Waals surface area contributed by atoms with Crippen LogP contribution in [0.2, 0.25) is 0 Å². The van der Waals surface area contributed by atoms with E-state index < -0.39 is 18.0 Å². The summed E-state index contributed by atoms with van der Waals surface area (Å²) in [5.74, 6) is 0. The molecule has 3 nitrogen and oxygen atoms in total. The molecular weight excluding hydrogens is 236 g/mol. The molecule has 0 radical (unpaired) electrons. The predicted molar refractivity (Wildman–Crippen MR) is 36.9 cm³/mol. The summed E-state index contributed by atoms with van der Waals surface area (Å²) >= 11 is -2.32. The van der Waals surface area contributed by atoms with E-state index in [-0.39, 0.29) is 51.4 Å². The summed E-state index contributed by atoms with van der Waals surface area (Å²) in [5, 5.41) is 0. The van der Waals surface area contributed by atoms with Crippen molar-refractivity contribution in [2.24, 2.45) is 0 Å². The maximum Gasteiger partial charge on any atom is 1.00 e. The Balaban J connectivity index is -0.000000173. The number of alkyl halides is 3. The van der Waals surface area contributed by atoms with Gasteiger partial charge in [0.1, 0.15) is 0 Å². The van der Waals surface area contributed by atoms with Crippen LogP contribution in [0.25, 0.3) is 0 Å². The SMILES string of the molecule is CCCCOS(=O)[O-].FC(F)F.[K+]. The van der Waals surface area contributed by atoms with E-state index in [1.54, 1.807) is 0 Å². The minimum atomic E-state index is -3.67. The van der Waals surface area contributed by atoms with Crippen LogP contribution in [-0.2, 0) is 15.5 Å². The first-order valence-electron chi connectivity index (χ1n) is 3.15. The summed E-state index contributed by atoms with van der Waals surface area (Å²) in [5.41, 5.74) is 0. The van der Waals surface area contributed by atoms with Gasteiger partial charge in [-0.3, -0.25) is 0 Å². The van der Waals surface area contributed by atoms with Crippen molar-refractivity contribution in [3.05, 3.63) is 0 Å². The molecule has 0 aliphatic carbocycles. The summed E-state index contributed by atoms with van der Waals surface area (Å²) in [6.07, 6.45) is 1.76. The molecule has 1 atom stereocenters. The second kappa shape index (κ2) is 15.9. The van der Waals surface area contributed by atoms with Gasteiger partial charge in [-0.15, -0.1) is 0 Å². The number of hydrogen-bond donors (Lipinski definition) is 0. The first-order chi connectivity index (χ1) is 5.50. The van der Waals surface area contributed by atoms with Crippen molar-refractivity contribution in [1.29, 1.82) is 0 Å². The van der Waals surface area contributed by atoms with Crippen LogP contribution < -0.4 is 51.4 Å². The molecule has 0 aromatic carbocycles. The first-order valence-corrected chi connectivity index (χ1v) is 4.15. The van der Waals surface area contributed by atoms with E-state index in [1.807, 2.05) is 6.92 Å². The van der Waals surface area contributed by atoms with Gasteiger partial charge in [-0.25, -0.2) is 4.21 Å². The fraction of sp³-hybridized carbons (Fsp3) is 1.00. The van der Waals surface area contributed by atoms with Crippen molar-refractivity contribution in [2.45, 2.75) is 26.4 Å². The third kappa shape index (κ3) is 42.3. The maximum absolute atomic E-state index is 9.67. The molecule has 0 fully saturated rings. The van der Waals surface area contributed by atoms with Crippen LogP contribution in [0.1, 0.15) is 19.8 Å². The minimum Gasteiger partial charge on any atom is -0.750 e. The van der Waals surface area contributed by atoms with Crippen LogP contribution >= 0.6 is 0 Å². The molecular formula is C5H10F3KO3S. The molecule has 0 amide bonds. The van der Waals surface area contributed by atoms with E-state index in [4.69, 9.17) is 0 Å². The molecule has 0 aromatic heterocycles. The van der Waals surface area contributed by atoms with Gasteiger partial charge in [0, 0.05) is 0 Å². The minimum absolute atomic E-state index is 0. The number of unbranched alkanes of at least 4 members (excludes halogenated alkanes) is 1. The molecule has 0 bridgehead atoms. The summed E-state index contributed by atoms with van der Waals surface area (Å²) in [6, 6.07) is 0. The average Bonchev–Trinajstić information content (AvgIpc) is 1.86. The smallest absolute Gasteiger partial charge is 0.750 e. The summed E-state index contributed by atoms with van der Waals surface area (Å²) in [7, 11) is 0. The van der Waals surface area contributed by atoms with Crippen molar-refractivity contribution in [3.8, 4) is 0 Å². The molecule has 0 saturated heterocycles. The predicted octanol–water partition coefficient (Wildman–Crippen LogP) is -1.22. The van der Waals surface area contributed by atoms with Crippen LogP contribution in [0.4, 0.5) is 13.2 Å². The molecule has 0 rings (SSSR count). The van der Waals surface area contributed by atoms with Gasteiger partial charge in [0.15, 0.2) is 0 Å². The zero-order chi connectivity index (χ0) is 9.98. The molecule has 0 aliphatic heterocycles. The normalized spacial score (nSPS) is 11.2. The Kier molecular flexibility index (Phi) is 24.5. The maximum atomic E-state index is 9.67. The first kappa shape index (κ1) is 20.0. The third-order valence-electron chi connectivity index (χ3n) is 0.677. The molecule has 13 heavy (non-hydrogen) atoms. The quantitative estimate of drug-likeness (QED) is 0.355. The summed E-state index contributed by atoms with van der Waals surface area (Å²) in [6.45, 7) is -1.39. The Hall–Kier alpha value is 1.50. The molecule has 0 aromatic rings. The third-order valence-corrected chi connectivity index (χ3v) is 1.04. The van der Waals surface area contributed by atoms with E-state index in [9.17, 15) is 21.9 Å². The van der Waals surface area contributed by atoms with E-state index in [0.29, 0.717) is 6.61 Å². The van der Waals surface area contributed by atoms with Crippen molar-refractivity contribution in [2.75, 3.05) is 6.61 Å². The Labute approximate surface area is 120 Å². The Morgan fingerprint density at radius 1 is 1.46 bits per heavy atom. The van der Waals surface area contributed by atoms with E-state index in [1.165, 1.54) is 0 Å². The zero-order valence-corrected chi connectivity index (χ0v) is 11.4. The summed E-state index contributed by atoms with van der Waals surface area (Å²) < 4.78 is 52.5. The average molecular weight is 246 g/mol. The van der Waals surface area contributed by atoms with Gasteiger partial charge >= 0.3 is 58.1 Å². The van der Waals surface area contributed by atoms with Crippen LogP contribution in [0.3, 0.4) is 0 Å². The van der Waals surface area contributed by atoms with Crippen molar-refractivity contribution in [1.82, 2.24) is 0 Å². The zero-order valence-electron chi connectivity index (χ0n) is 7.47. The second-order valence-corrected chi connectivity index (χ2v) is 2.27. The van der Waals surface area contributed by atoms with E-state index >= 15 is 0 Å². The molecule has 1 unspecified atom stereocenters. The molecule has 76 valence electrons. The van der Waals surface area contributed by atoms with Crippen LogP contribution in [0.5, 0.6) is 0 Å². The van der Waals surface area contributed by atoms with Crippen LogP contribution in [0.15, 0.2) is 0 Å². The van der Waals surface area contributed by atoms with E-state index in [2.05, 4.69) is 4.18 Å². The van der Waals surface area contributed by atoms with Crippen LogP contribution in [-0.4, -0.2) is 22.0 Å². The summed E-state index contributed by atoms with van der Waals surface area (Å²) in [4.78, 5) is 0. The molecule has 0 heterocycles. The standard InChI is InChI=1S/C4H10O3S.CHF3.K/c1-2-3-4-7-8(5)6;2-1(3)4;/h2-4H2,1H3,(H,5,6);1H;/q;;+1/p-1. The monoisotopic (exact) mass is 246 g/mol. The number of rotatable bonds is 4. The van der Waals surface area contributed by atoms with Crippen molar-refractivity contribution >= 4 is 11.4 Å². The fourth-order valence-corrected chi connectivity index (χ4v) is 0.525. The largest absolute Gasteiger partial charge is 1.00 e. The fourth-order valence-electron chi connectivity index (χ4n) is 0.271. The van der Waals surface area contributed by atoms with E-state index in [0.717, 1.165) is 12.8 Å². The van der Waals surface area contributed by atoms with Crippen molar-refractivity contribution in [3.63, 3.8) is 0 Å². The van der Waals surface area contributed by atoms with Gasteiger partial charge in [0.25, 0.3) is 0 Å². The van der Waals surface area contributed by atoms with Crippen LogP contribution in [0, 0.1) is 0 Å². The van der Waals surface area contributed by atoms with Gasteiger partial charge in [-0.2, -0.15) is 13.2 Å². The molecule has 0 aliphatic rings. The van der Waals surface area contributed by atoms with Gasteiger partial charge < -0.3 is 8.74 Å².